The van der Waals surface area contributed by atoms with Crippen LogP contribution in [0.2, 0.25) is 0 Å². The van der Waals surface area contributed by atoms with Gasteiger partial charge in [-0.3, -0.25) is 4.79 Å². The van der Waals surface area contributed by atoms with Crippen molar-refractivity contribution in [1.29, 1.82) is 0 Å². The molecule has 0 aliphatic rings. The van der Waals surface area contributed by atoms with Gasteiger partial charge < -0.3 is 5.32 Å². The van der Waals surface area contributed by atoms with Crippen molar-refractivity contribution < 1.29 is 4.79 Å². The Hall–Kier alpha value is -0.580. The second-order valence-corrected chi connectivity index (χ2v) is 6.95. The first-order valence-electron chi connectivity index (χ1n) is 5.75. The van der Waals surface area contributed by atoms with Crippen LogP contribution in [0.5, 0.6) is 0 Å². The summed E-state index contributed by atoms with van der Waals surface area (Å²) in [5.74, 6) is 0.0879. The Balaban J connectivity index is 2.86. The maximum absolute atomic E-state index is 11.9. The van der Waals surface area contributed by atoms with Gasteiger partial charge in [0.2, 0.25) is 5.91 Å². The smallest absolute Gasteiger partial charge is 0.224 e. The van der Waals surface area contributed by atoms with E-state index in [1.54, 1.807) is 0 Å². The molecule has 0 fully saturated rings. The Morgan fingerprint density at radius 3 is 2.12 bits per heavy atom. The fourth-order valence-electron chi connectivity index (χ4n) is 1.77. The lowest BCUT2D eigenvalue weighted by Crippen LogP contribution is -2.20. The number of amides is 1. The van der Waals surface area contributed by atoms with Gasteiger partial charge in [-0.2, -0.15) is 0 Å². The first-order chi connectivity index (χ1) is 7.69. The van der Waals surface area contributed by atoms with E-state index >= 15 is 0 Å². The summed E-state index contributed by atoms with van der Waals surface area (Å²) in [6.45, 7) is 10.3. The Morgan fingerprint density at radius 2 is 1.71 bits per heavy atom. The molecule has 0 unspecified atom stereocenters. The first kappa shape index (κ1) is 14.5. The minimum Gasteiger partial charge on any atom is -0.326 e. The molecule has 0 aliphatic carbocycles. The number of hydrogen-bond acceptors (Lipinski definition) is 1. The van der Waals surface area contributed by atoms with Gasteiger partial charge in [-0.15, -0.1) is 0 Å². The summed E-state index contributed by atoms with van der Waals surface area (Å²) in [6.07, 6.45) is 0.540. The number of benzene rings is 1. The van der Waals surface area contributed by atoms with Gasteiger partial charge in [0, 0.05) is 15.7 Å². The summed E-state index contributed by atoms with van der Waals surface area (Å²) in [4.78, 5) is 11.9. The fourth-order valence-corrected chi connectivity index (χ4v) is 2.71. The highest BCUT2D eigenvalue weighted by Gasteiger charge is 2.17. The normalized spacial score (nSPS) is 11.4. The summed E-state index contributed by atoms with van der Waals surface area (Å²) >= 11 is 2.29. The van der Waals surface area contributed by atoms with Gasteiger partial charge in [-0.25, -0.2) is 0 Å². The molecule has 0 aliphatic heterocycles. The molecule has 1 aromatic carbocycles. The van der Waals surface area contributed by atoms with Crippen molar-refractivity contribution in [3.63, 3.8) is 0 Å². The molecule has 0 saturated heterocycles. The van der Waals surface area contributed by atoms with Gasteiger partial charge in [0.1, 0.15) is 0 Å². The van der Waals surface area contributed by atoms with Crippen molar-refractivity contribution >= 4 is 34.2 Å². The van der Waals surface area contributed by atoms with Gasteiger partial charge >= 0.3 is 0 Å². The van der Waals surface area contributed by atoms with Crippen LogP contribution in [-0.4, -0.2) is 5.91 Å². The summed E-state index contributed by atoms with van der Waals surface area (Å²) in [5, 5.41) is 3.02. The zero-order valence-electron chi connectivity index (χ0n) is 11.1. The van der Waals surface area contributed by atoms with Gasteiger partial charge in [0.05, 0.1) is 0 Å². The second-order valence-electron chi connectivity index (χ2n) is 5.70. The van der Waals surface area contributed by atoms with Crippen LogP contribution in [0.3, 0.4) is 0 Å². The molecule has 1 N–H and O–H groups in total. The van der Waals surface area contributed by atoms with E-state index in [4.69, 9.17) is 0 Å². The highest BCUT2D eigenvalue weighted by Crippen LogP contribution is 2.25. The topological polar surface area (TPSA) is 29.1 Å². The van der Waals surface area contributed by atoms with Crippen molar-refractivity contribution in [3.05, 3.63) is 26.8 Å². The minimum atomic E-state index is 0.0229. The number of rotatable bonds is 2. The third-order valence-electron chi connectivity index (χ3n) is 2.45. The largest absolute Gasteiger partial charge is 0.326 e. The van der Waals surface area contributed by atoms with Crippen molar-refractivity contribution in [3.8, 4) is 0 Å². The van der Waals surface area contributed by atoms with Gasteiger partial charge in [-0.1, -0.05) is 20.8 Å². The molecule has 0 heterocycles. The van der Waals surface area contributed by atoms with Crippen molar-refractivity contribution in [2.45, 2.75) is 41.0 Å². The van der Waals surface area contributed by atoms with E-state index in [2.05, 4.69) is 60.8 Å². The highest BCUT2D eigenvalue weighted by atomic mass is 127. The molecule has 1 aromatic rings. The Bertz CT molecular complexity index is 409. The Labute approximate surface area is 117 Å². The predicted molar refractivity (Wildman–Crippen MR) is 81.3 cm³/mol. The molecule has 1 amide bonds. The van der Waals surface area contributed by atoms with Crippen LogP contribution in [0.25, 0.3) is 0 Å². The Morgan fingerprint density at radius 1 is 1.24 bits per heavy atom. The van der Waals surface area contributed by atoms with E-state index in [0.29, 0.717) is 6.42 Å². The molecule has 0 spiro atoms. The van der Waals surface area contributed by atoms with E-state index in [9.17, 15) is 4.79 Å². The van der Waals surface area contributed by atoms with Crippen LogP contribution in [0.4, 0.5) is 5.69 Å². The lowest BCUT2D eigenvalue weighted by Gasteiger charge is -2.19. The lowest BCUT2D eigenvalue weighted by molar-refractivity contribution is -0.117. The molecule has 1 rings (SSSR count). The molecule has 0 atom stereocenters. The van der Waals surface area contributed by atoms with E-state index in [-0.39, 0.29) is 11.3 Å². The molecular weight excluding hydrogens is 325 g/mol. The van der Waals surface area contributed by atoms with Crippen LogP contribution < -0.4 is 5.32 Å². The van der Waals surface area contributed by atoms with Crippen LogP contribution in [-0.2, 0) is 4.79 Å². The van der Waals surface area contributed by atoms with Crippen LogP contribution in [0.1, 0.15) is 38.3 Å². The third kappa shape index (κ3) is 4.66. The molecule has 2 nitrogen and oxygen atoms in total. The summed E-state index contributed by atoms with van der Waals surface area (Å²) in [6, 6.07) is 4.17. The monoisotopic (exact) mass is 345 g/mol. The van der Waals surface area contributed by atoms with E-state index in [1.807, 2.05) is 13.8 Å². The highest BCUT2D eigenvalue weighted by molar-refractivity contribution is 14.1. The average Bonchev–Trinajstić information content (AvgIpc) is 2.08. The lowest BCUT2D eigenvalue weighted by atomic mass is 9.92. The molecule has 0 bridgehead atoms. The summed E-state index contributed by atoms with van der Waals surface area (Å²) in [7, 11) is 0. The van der Waals surface area contributed by atoms with E-state index in [0.717, 1.165) is 16.8 Å². The van der Waals surface area contributed by atoms with Crippen molar-refractivity contribution in [1.82, 2.24) is 0 Å². The SMILES string of the molecule is Cc1cc(I)cc(C)c1NC(=O)CC(C)(C)C. The zero-order valence-corrected chi connectivity index (χ0v) is 13.3. The molecule has 0 aromatic heterocycles. The van der Waals surface area contributed by atoms with Crippen LogP contribution >= 0.6 is 22.6 Å². The maximum atomic E-state index is 11.9. The van der Waals surface area contributed by atoms with Gasteiger partial charge in [0.15, 0.2) is 0 Å². The number of nitrogens with one attached hydrogen (secondary N) is 1. The average molecular weight is 345 g/mol. The molecule has 94 valence electrons. The minimum absolute atomic E-state index is 0.0229. The first-order valence-corrected chi connectivity index (χ1v) is 6.83. The standard InChI is InChI=1S/C14H20INO/c1-9-6-11(15)7-10(2)13(9)16-12(17)8-14(3,4)5/h6-7H,8H2,1-5H3,(H,16,17). The summed E-state index contributed by atoms with van der Waals surface area (Å²) in [5.41, 5.74) is 3.22. The Kier molecular flexibility index (Phi) is 4.58. The van der Waals surface area contributed by atoms with Gasteiger partial charge in [-0.05, 0) is 65.1 Å². The van der Waals surface area contributed by atoms with Crippen molar-refractivity contribution in [2.24, 2.45) is 5.41 Å². The predicted octanol–water partition coefficient (Wildman–Crippen LogP) is 4.28. The maximum Gasteiger partial charge on any atom is 0.224 e. The second kappa shape index (κ2) is 5.38. The molecule has 0 radical (unpaired) electrons. The molecular formula is C14H20INO. The fraction of sp³-hybridized carbons (Fsp3) is 0.500. The number of carbonyl (C=O) groups is 1. The number of anilines is 1. The quantitative estimate of drug-likeness (QED) is 0.797. The summed E-state index contributed by atoms with van der Waals surface area (Å²) < 4.78 is 1.20. The van der Waals surface area contributed by atoms with E-state index in [1.165, 1.54) is 3.57 Å². The van der Waals surface area contributed by atoms with Crippen molar-refractivity contribution in [2.75, 3.05) is 5.32 Å². The van der Waals surface area contributed by atoms with E-state index < -0.39 is 0 Å². The molecule has 3 heteroatoms. The number of halogens is 1. The zero-order chi connectivity index (χ0) is 13.2. The molecule has 0 saturated carbocycles. The van der Waals surface area contributed by atoms with Gasteiger partial charge in [0.25, 0.3) is 0 Å². The number of aryl methyl sites for hydroxylation is 2. The number of hydrogen-bond donors (Lipinski definition) is 1. The number of carbonyl (C=O) groups excluding carboxylic acids is 1. The van der Waals surface area contributed by atoms with Crippen LogP contribution in [0.15, 0.2) is 12.1 Å². The third-order valence-corrected chi connectivity index (χ3v) is 3.08. The molecule has 17 heavy (non-hydrogen) atoms. The van der Waals surface area contributed by atoms with Crippen LogP contribution in [0, 0.1) is 22.8 Å².